The molecular formula is C50H44N2. The smallest absolute Gasteiger partial charge is 0.0534 e. The van der Waals surface area contributed by atoms with Crippen LogP contribution in [0.2, 0.25) is 0 Å². The van der Waals surface area contributed by atoms with Crippen LogP contribution in [0.15, 0.2) is 217 Å². The molecule has 0 amide bonds. The summed E-state index contributed by atoms with van der Waals surface area (Å²) in [5, 5.41) is 1.24. The molecule has 5 aromatic rings. The molecule has 52 heavy (non-hydrogen) atoms. The second-order valence-corrected chi connectivity index (χ2v) is 13.6. The van der Waals surface area contributed by atoms with E-state index in [4.69, 9.17) is 0 Å². The van der Waals surface area contributed by atoms with Gasteiger partial charge in [-0.05, 0) is 120 Å². The summed E-state index contributed by atoms with van der Waals surface area (Å²) >= 11 is 0. The summed E-state index contributed by atoms with van der Waals surface area (Å²) in [7, 11) is 0. The maximum absolute atomic E-state index is 3.79. The topological polar surface area (TPSA) is 8.17 Å². The van der Waals surface area contributed by atoms with Crippen molar-refractivity contribution in [1.29, 1.82) is 0 Å². The molecule has 0 saturated heterocycles. The van der Waals surface area contributed by atoms with Gasteiger partial charge in [-0.1, -0.05) is 140 Å². The minimum absolute atomic E-state index is 0.365. The standard InChI is InChI=1S/C50H44N2/c1-2-3-4-8-16-38-25-29-43(30-26-38)52(44-31-27-40(28-32-44)39-17-9-5-10-18-39)45-33-34-47(49(37-45)41-19-11-6-12-20-41)46-23-15-24-50-48(46)35-36-51(50)42-21-13-7-14-22-42/h2-9,11-17,19-25,27,29-31,33-38H,1,10,18,26,28,32H2/b4-3-,16-8+. The minimum atomic E-state index is 0.365. The van der Waals surface area contributed by atoms with E-state index in [0.717, 1.165) is 37.8 Å². The zero-order valence-electron chi connectivity index (χ0n) is 29.6. The number of allylic oxidation sites excluding steroid dienone is 16. The summed E-state index contributed by atoms with van der Waals surface area (Å²) in [6.07, 6.45) is 36.2. The Morgan fingerprint density at radius 1 is 0.712 bits per heavy atom. The van der Waals surface area contributed by atoms with Gasteiger partial charge in [-0.2, -0.15) is 0 Å². The molecule has 0 spiro atoms. The van der Waals surface area contributed by atoms with Gasteiger partial charge in [0.05, 0.1) is 5.52 Å². The largest absolute Gasteiger partial charge is 0.317 e. The molecule has 0 aliphatic heterocycles. The molecule has 2 nitrogen and oxygen atoms in total. The molecule has 3 aliphatic rings. The van der Waals surface area contributed by atoms with Gasteiger partial charge < -0.3 is 9.47 Å². The maximum atomic E-state index is 3.79. The van der Waals surface area contributed by atoms with Gasteiger partial charge in [0.1, 0.15) is 0 Å². The van der Waals surface area contributed by atoms with Crippen LogP contribution in [0.1, 0.15) is 32.1 Å². The van der Waals surface area contributed by atoms with Gasteiger partial charge >= 0.3 is 0 Å². The molecule has 1 heterocycles. The van der Waals surface area contributed by atoms with Gasteiger partial charge in [-0.25, -0.2) is 0 Å². The van der Waals surface area contributed by atoms with Gasteiger partial charge in [-0.3, -0.25) is 0 Å². The van der Waals surface area contributed by atoms with Crippen LogP contribution < -0.4 is 4.90 Å². The molecule has 1 atom stereocenters. The van der Waals surface area contributed by atoms with Crippen LogP contribution in [0.25, 0.3) is 38.8 Å². The Balaban J connectivity index is 1.23. The average molecular weight is 673 g/mol. The summed E-state index contributed by atoms with van der Waals surface area (Å²) in [5.41, 5.74) is 13.9. The Hall–Kier alpha value is -6.12. The maximum Gasteiger partial charge on any atom is 0.0534 e. The van der Waals surface area contributed by atoms with E-state index in [9.17, 15) is 0 Å². The third-order valence-electron chi connectivity index (χ3n) is 10.3. The van der Waals surface area contributed by atoms with Crippen LogP contribution in [-0.4, -0.2) is 4.57 Å². The van der Waals surface area contributed by atoms with Crippen LogP contribution in [0.4, 0.5) is 5.69 Å². The molecular weight excluding hydrogens is 629 g/mol. The highest BCUT2D eigenvalue weighted by atomic mass is 15.2. The fraction of sp³-hybridized carbons (Fsp3) is 0.120. The highest BCUT2D eigenvalue weighted by Crippen LogP contribution is 2.42. The monoisotopic (exact) mass is 672 g/mol. The first kappa shape index (κ1) is 33.0. The number of aromatic nitrogens is 1. The van der Waals surface area contributed by atoms with E-state index < -0.39 is 0 Å². The number of fused-ring (bicyclic) bond motifs is 1. The summed E-state index contributed by atoms with van der Waals surface area (Å²) in [6, 6.07) is 37.5. The number of benzene rings is 4. The molecule has 1 aromatic heterocycles. The molecule has 0 saturated carbocycles. The lowest BCUT2D eigenvalue weighted by atomic mass is 9.89. The number of anilines is 1. The van der Waals surface area contributed by atoms with E-state index in [1.54, 1.807) is 0 Å². The molecule has 254 valence electrons. The lowest BCUT2D eigenvalue weighted by Gasteiger charge is -2.33. The van der Waals surface area contributed by atoms with Crippen molar-refractivity contribution in [2.45, 2.75) is 32.1 Å². The molecule has 2 heteroatoms. The van der Waals surface area contributed by atoms with E-state index in [2.05, 4.69) is 186 Å². The summed E-state index contributed by atoms with van der Waals surface area (Å²) < 4.78 is 2.29. The summed E-state index contributed by atoms with van der Waals surface area (Å²) in [5.74, 6) is 0.365. The van der Waals surface area contributed by atoms with Crippen molar-refractivity contribution in [1.82, 2.24) is 4.57 Å². The number of hydrogen-bond donors (Lipinski definition) is 0. The Labute approximate surface area is 308 Å². The number of hydrogen-bond acceptors (Lipinski definition) is 1. The third kappa shape index (κ3) is 6.93. The van der Waals surface area contributed by atoms with Gasteiger partial charge in [0.2, 0.25) is 0 Å². The Bertz CT molecular complexity index is 2330. The number of nitrogens with zero attached hydrogens (tertiary/aromatic N) is 2. The molecule has 3 aliphatic carbocycles. The first-order chi connectivity index (χ1) is 25.8. The Morgan fingerprint density at radius 2 is 1.56 bits per heavy atom. The van der Waals surface area contributed by atoms with Crippen molar-refractivity contribution < 1.29 is 0 Å². The highest BCUT2D eigenvalue weighted by molar-refractivity contribution is 6.01. The van der Waals surface area contributed by atoms with Crippen LogP contribution in [0, 0.1) is 5.92 Å². The highest BCUT2D eigenvalue weighted by Gasteiger charge is 2.23. The van der Waals surface area contributed by atoms with Crippen molar-refractivity contribution >= 4 is 16.6 Å². The fourth-order valence-electron chi connectivity index (χ4n) is 7.69. The minimum Gasteiger partial charge on any atom is -0.317 e. The van der Waals surface area contributed by atoms with Crippen molar-refractivity contribution in [3.8, 4) is 27.9 Å². The van der Waals surface area contributed by atoms with Crippen molar-refractivity contribution in [2.24, 2.45) is 5.92 Å². The van der Waals surface area contributed by atoms with Gasteiger partial charge in [0.25, 0.3) is 0 Å². The molecule has 1 unspecified atom stereocenters. The Morgan fingerprint density at radius 3 is 2.31 bits per heavy atom. The third-order valence-corrected chi connectivity index (χ3v) is 10.3. The average Bonchev–Trinajstić information content (AvgIpc) is 3.66. The number of rotatable bonds is 10. The summed E-state index contributed by atoms with van der Waals surface area (Å²) in [6.45, 7) is 3.79. The zero-order valence-corrected chi connectivity index (χ0v) is 29.6. The van der Waals surface area contributed by atoms with Gasteiger partial charge in [0, 0.05) is 34.4 Å². The quantitative estimate of drug-likeness (QED) is 0.134. The van der Waals surface area contributed by atoms with Crippen LogP contribution in [0.5, 0.6) is 0 Å². The van der Waals surface area contributed by atoms with Crippen LogP contribution in [-0.2, 0) is 0 Å². The normalized spacial score (nSPS) is 17.3. The van der Waals surface area contributed by atoms with Crippen molar-refractivity contribution in [2.75, 3.05) is 4.90 Å². The molecule has 0 radical (unpaired) electrons. The van der Waals surface area contributed by atoms with Crippen LogP contribution in [0.3, 0.4) is 0 Å². The summed E-state index contributed by atoms with van der Waals surface area (Å²) in [4.78, 5) is 2.50. The predicted octanol–water partition coefficient (Wildman–Crippen LogP) is 13.4. The molecule has 0 N–H and O–H groups in total. The van der Waals surface area contributed by atoms with E-state index in [1.165, 1.54) is 61.4 Å². The van der Waals surface area contributed by atoms with Crippen LogP contribution >= 0.6 is 0 Å². The van der Waals surface area contributed by atoms with Gasteiger partial charge in [0.15, 0.2) is 0 Å². The van der Waals surface area contributed by atoms with Crippen molar-refractivity contribution in [3.63, 3.8) is 0 Å². The molecule has 8 rings (SSSR count). The lowest BCUT2D eigenvalue weighted by molar-refractivity contribution is 0.795. The van der Waals surface area contributed by atoms with E-state index >= 15 is 0 Å². The Kier molecular flexibility index (Phi) is 9.79. The lowest BCUT2D eigenvalue weighted by Crippen LogP contribution is -2.23. The second-order valence-electron chi connectivity index (χ2n) is 13.6. The SMILES string of the molecule is C=C/C=C\C=C\C1C=CC(N(C2=CC=C(C3=CC=CCC3)CC2)c2ccc(-c3cccc4c3ccn4-c3ccccc3)c(-c3ccccc3)c2)=CC1. The predicted molar refractivity (Wildman–Crippen MR) is 222 cm³/mol. The zero-order chi connectivity index (χ0) is 35.1. The van der Waals surface area contributed by atoms with Gasteiger partial charge in [-0.15, -0.1) is 0 Å². The molecule has 0 fully saturated rings. The van der Waals surface area contributed by atoms with E-state index in [0.29, 0.717) is 5.92 Å². The first-order valence-electron chi connectivity index (χ1n) is 18.5. The molecule has 4 aromatic carbocycles. The fourth-order valence-corrected chi connectivity index (χ4v) is 7.69. The van der Waals surface area contributed by atoms with Crippen molar-refractivity contribution in [3.05, 3.63) is 217 Å². The van der Waals surface area contributed by atoms with E-state index in [-0.39, 0.29) is 0 Å². The number of para-hydroxylation sites is 1. The second kappa shape index (κ2) is 15.4. The first-order valence-corrected chi connectivity index (χ1v) is 18.5. The molecule has 0 bridgehead atoms. The van der Waals surface area contributed by atoms with E-state index in [1.807, 2.05) is 18.2 Å².